The average molecular weight is 205 g/mol. The molecule has 1 saturated carbocycles. The fourth-order valence-corrected chi connectivity index (χ4v) is 1.58. The van der Waals surface area contributed by atoms with Crippen LogP contribution in [0.3, 0.4) is 0 Å². The zero-order chi connectivity index (χ0) is 10.8. The Labute approximate surface area is 88.9 Å². The summed E-state index contributed by atoms with van der Waals surface area (Å²) in [6.45, 7) is 1.96. The quantitative estimate of drug-likeness (QED) is 0.788. The first-order valence-electron chi connectivity index (χ1n) is 5.19. The van der Waals surface area contributed by atoms with E-state index in [1.54, 1.807) is 12.3 Å². The minimum absolute atomic E-state index is 0.0513. The maximum absolute atomic E-state index is 11.8. The van der Waals surface area contributed by atoms with E-state index in [1.807, 2.05) is 6.92 Å². The van der Waals surface area contributed by atoms with E-state index in [4.69, 9.17) is 5.73 Å². The van der Waals surface area contributed by atoms with Gasteiger partial charge in [0.2, 0.25) is 5.91 Å². The summed E-state index contributed by atoms with van der Waals surface area (Å²) in [6, 6.07) is 1.72. The van der Waals surface area contributed by atoms with Gasteiger partial charge in [-0.05, 0) is 24.8 Å². The molecular formula is C11H15N3O. The van der Waals surface area contributed by atoms with Crippen LogP contribution in [0.15, 0.2) is 18.5 Å². The molecule has 0 aliphatic heterocycles. The van der Waals surface area contributed by atoms with E-state index in [1.165, 1.54) is 19.0 Å². The van der Waals surface area contributed by atoms with E-state index < -0.39 is 0 Å². The number of carbonyl (C=O) groups excluding carboxylic acids is 1. The Kier molecular flexibility index (Phi) is 2.58. The Balaban J connectivity index is 2.02. The average Bonchev–Trinajstić information content (AvgIpc) is 3.04. The van der Waals surface area contributed by atoms with Crippen molar-refractivity contribution in [1.82, 2.24) is 4.98 Å². The predicted molar refractivity (Wildman–Crippen MR) is 59.2 cm³/mol. The van der Waals surface area contributed by atoms with Gasteiger partial charge in [0.05, 0.1) is 17.6 Å². The molecule has 0 spiro atoms. The van der Waals surface area contributed by atoms with Crippen LogP contribution in [-0.4, -0.2) is 10.9 Å². The largest absolute Gasteiger partial charge is 0.396 e. The number of carbonyl (C=O) groups is 1. The molecule has 0 bridgehead atoms. The number of aromatic nitrogens is 1. The molecule has 1 unspecified atom stereocenters. The van der Waals surface area contributed by atoms with E-state index in [0.717, 1.165) is 0 Å². The second kappa shape index (κ2) is 3.88. The van der Waals surface area contributed by atoms with Gasteiger partial charge in [-0.3, -0.25) is 9.78 Å². The van der Waals surface area contributed by atoms with Crippen LogP contribution < -0.4 is 11.1 Å². The number of rotatable bonds is 3. The second-order valence-corrected chi connectivity index (χ2v) is 4.08. The molecule has 1 atom stereocenters. The summed E-state index contributed by atoms with van der Waals surface area (Å²) in [6.07, 6.45) is 5.49. The number of nitrogens with one attached hydrogen (secondary N) is 1. The summed E-state index contributed by atoms with van der Waals surface area (Å²) in [5, 5.41) is 2.83. The lowest BCUT2D eigenvalue weighted by molar-refractivity contribution is -0.119. The summed E-state index contributed by atoms with van der Waals surface area (Å²) in [7, 11) is 0. The van der Waals surface area contributed by atoms with Crippen LogP contribution in [-0.2, 0) is 4.79 Å². The van der Waals surface area contributed by atoms with Gasteiger partial charge in [-0.2, -0.15) is 0 Å². The Morgan fingerprint density at radius 3 is 3.00 bits per heavy atom. The van der Waals surface area contributed by atoms with E-state index >= 15 is 0 Å². The highest BCUT2D eigenvalue weighted by atomic mass is 16.1. The maximum atomic E-state index is 11.8. The van der Waals surface area contributed by atoms with Gasteiger partial charge in [-0.15, -0.1) is 0 Å². The molecule has 3 N–H and O–H groups in total. The normalized spacial score (nSPS) is 17.1. The van der Waals surface area contributed by atoms with Crippen molar-refractivity contribution in [2.45, 2.75) is 19.8 Å². The van der Waals surface area contributed by atoms with E-state index in [9.17, 15) is 4.79 Å². The van der Waals surface area contributed by atoms with Crippen molar-refractivity contribution in [2.75, 3.05) is 11.1 Å². The smallest absolute Gasteiger partial charge is 0.227 e. The summed E-state index contributed by atoms with van der Waals surface area (Å²) in [5.74, 6) is 0.695. The van der Waals surface area contributed by atoms with Crippen molar-refractivity contribution in [3.05, 3.63) is 18.5 Å². The van der Waals surface area contributed by atoms with Crippen LogP contribution in [0.25, 0.3) is 0 Å². The fourth-order valence-electron chi connectivity index (χ4n) is 1.58. The van der Waals surface area contributed by atoms with Gasteiger partial charge < -0.3 is 11.1 Å². The zero-order valence-electron chi connectivity index (χ0n) is 8.73. The molecule has 4 heteroatoms. The third-order valence-corrected chi connectivity index (χ3v) is 2.85. The Hall–Kier alpha value is -1.58. The minimum Gasteiger partial charge on any atom is -0.396 e. The van der Waals surface area contributed by atoms with Crippen LogP contribution >= 0.6 is 0 Å². The number of nitrogens with two attached hydrogens (primary N) is 1. The first-order chi connectivity index (χ1) is 7.18. The predicted octanol–water partition coefficient (Wildman–Crippen LogP) is 1.65. The molecule has 1 aliphatic rings. The number of hydrogen-bond acceptors (Lipinski definition) is 3. The van der Waals surface area contributed by atoms with Crippen LogP contribution in [0.2, 0.25) is 0 Å². The molecule has 1 heterocycles. The maximum Gasteiger partial charge on any atom is 0.227 e. The summed E-state index contributed by atoms with van der Waals surface area (Å²) < 4.78 is 0. The standard InChI is InChI=1S/C11H15N3O/c1-7(8-2-3-8)11(15)14-10-4-5-13-6-9(10)12/h4-8H,2-3,12H2,1H3,(H,13,14,15). The summed E-state index contributed by atoms with van der Waals surface area (Å²) in [5.41, 5.74) is 6.85. The van der Waals surface area contributed by atoms with Gasteiger partial charge in [-0.25, -0.2) is 0 Å². The zero-order valence-corrected chi connectivity index (χ0v) is 8.73. The lowest BCUT2D eigenvalue weighted by Crippen LogP contribution is -2.22. The van der Waals surface area contributed by atoms with Crippen LogP contribution in [0.1, 0.15) is 19.8 Å². The molecule has 1 aliphatic carbocycles. The molecule has 0 aromatic carbocycles. The number of hydrogen-bond donors (Lipinski definition) is 2. The molecule has 1 amide bonds. The molecule has 1 fully saturated rings. The molecule has 0 saturated heterocycles. The third kappa shape index (κ3) is 2.26. The molecule has 1 aromatic heterocycles. The Morgan fingerprint density at radius 1 is 1.67 bits per heavy atom. The highest BCUT2D eigenvalue weighted by molar-refractivity contribution is 5.95. The van der Waals surface area contributed by atoms with Gasteiger partial charge >= 0.3 is 0 Å². The summed E-state index contributed by atoms with van der Waals surface area (Å²) >= 11 is 0. The number of anilines is 2. The van der Waals surface area contributed by atoms with Crippen molar-refractivity contribution in [2.24, 2.45) is 11.8 Å². The second-order valence-electron chi connectivity index (χ2n) is 4.08. The van der Waals surface area contributed by atoms with Crippen LogP contribution in [0.5, 0.6) is 0 Å². The molecule has 80 valence electrons. The van der Waals surface area contributed by atoms with Gasteiger partial charge in [0.25, 0.3) is 0 Å². The minimum atomic E-state index is 0.0513. The molecule has 15 heavy (non-hydrogen) atoms. The first kappa shape index (κ1) is 9.96. The molecule has 4 nitrogen and oxygen atoms in total. The molecule has 2 rings (SSSR count). The van der Waals surface area contributed by atoms with Crippen molar-refractivity contribution in [3.63, 3.8) is 0 Å². The Morgan fingerprint density at radius 2 is 2.40 bits per heavy atom. The lowest BCUT2D eigenvalue weighted by atomic mass is 10.1. The molecule has 1 aromatic rings. The number of nitrogens with zero attached hydrogens (tertiary/aromatic N) is 1. The molecule has 0 radical (unpaired) electrons. The third-order valence-electron chi connectivity index (χ3n) is 2.85. The van der Waals surface area contributed by atoms with E-state index in [-0.39, 0.29) is 11.8 Å². The topological polar surface area (TPSA) is 68.0 Å². The van der Waals surface area contributed by atoms with Crippen LogP contribution in [0, 0.1) is 11.8 Å². The van der Waals surface area contributed by atoms with Crippen molar-refractivity contribution >= 4 is 17.3 Å². The monoisotopic (exact) mass is 205 g/mol. The van der Waals surface area contributed by atoms with Gasteiger partial charge in [-0.1, -0.05) is 6.92 Å². The van der Waals surface area contributed by atoms with Crippen molar-refractivity contribution < 1.29 is 4.79 Å². The van der Waals surface area contributed by atoms with Crippen molar-refractivity contribution in [1.29, 1.82) is 0 Å². The van der Waals surface area contributed by atoms with Gasteiger partial charge in [0.1, 0.15) is 0 Å². The number of pyridine rings is 1. The Bertz CT molecular complexity index is 374. The highest BCUT2D eigenvalue weighted by Crippen LogP contribution is 2.37. The summed E-state index contributed by atoms with van der Waals surface area (Å²) in [4.78, 5) is 15.6. The number of nitrogen functional groups attached to an aromatic ring is 1. The highest BCUT2D eigenvalue weighted by Gasteiger charge is 2.32. The fraction of sp³-hybridized carbons (Fsp3) is 0.455. The van der Waals surface area contributed by atoms with Crippen LogP contribution in [0.4, 0.5) is 11.4 Å². The van der Waals surface area contributed by atoms with E-state index in [2.05, 4.69) is 10.3 Å². The first-order valence-corrected chi connectivity index (χ1v) is 5.19. The SMILES string of the molecule is CC(C(=O)Nc1ccncc1N)C1CC1. The molecular weight excluding hydrogens is 190 g/mol. The van der Waals surface area contributed by atoms with Crippen molar-refractivity contribution in [3.8, 4) is 0 Å². The van der Waals surface area contributed by atoms with E-state index in [0.29, 0.717) is 17.3 Å². The lowest BCUT2D eigenvalue weighted by Gasteiger charge is -2.12. The van der Waals surface area contributed by atoms with Gasteiger partial charge in [0, 0.05) is 12.1 Å². The van der Waals surface area contributed by atoms with Gasteiger partial charge in [0.15, 0.2) is 0 Å². The number of amides is 1.